The van der Waals surface area contributed by atoms with Crippen molar-refractivity contribution in [1.82, 2.24) is 10.6 Å². The highest BCUT2D eigenvalue weighted by Crippen LogP contribution is 2.68. The fourth-order valence-corrected chi connectivity index (χ4v) is 9.75. The first-order valence-corrected chi connectivity index (χ1v) is 14.8. The van der Waals surface area contributed by atoms with E-state index in [9.17, 15) is 9.90 Å². The zero-order chi connectivity index (χ0) is 25.4. The molecule has 0 heterocycles. The van der Waals surface area contributed by atoms with Gasteiger partial charge in [0.2, 0.25) is 0 Å². The fourth-order valence-electron chi connectivity index (χ4n) is 9.75. The third kappa shape index (κ3) is 5.34. The molecule has 0 aliphatic heterocycles. The number of carbonyl (C=O) groups excluding carboxylic acids is 1. The highest BCUT2D eigenvalue weighted by molar-refractivity contribution is 5.69. The van der Waals surface area contributed by atoms with Crippen LogP contribution in [0.4, 0.5) is 0 Å². The predicted octanol–water partition coefficient (Wildman–Crippen LogP) is 5.16. The van der Waals surface area contributed by atoms with E-state index in [-0.39, 0.29) is 17.5 Å². The van der Waals surface area contributed by atoms with Crippen LogP contribution in [0.3, 0.4) is 0 Å². The molecule has 0 saturated heterocycles. The Morgan fingerprint density at radius 2 is 1.69 bits per heavy atom. The minimum Gasteiger partial charge on any atom is -0.469 e. The molecular formula is C30H54N2O3. The lowest BCUT2D eigenvalue weighted by Gasteiger charge is -2.62. The molecule has 5 nitrogen and oxygen atoms in total. The summed E-state index contributed by atoms with van der Waals surface area (Å²) in [4.78, 5) is 11.8. The lowest BCUT2D eigenvalue weighted by Crippen LogP contribution is -2.59. The van der Waals surface area contributed by atoms with Crippen LogP contribution in [0.15, 0.2) is 0 Å². The van der Waals surface area contributed by atoms with Crippen LogP contribution in [0.5, 0.6) is 0 Å². The monoisotopic (exact) mass is 490 g/mol. The molecule has 5 heteroatoms. The van der Waals surface area contributed by atoms with E-state index in [0.717, 1.165) is 44.2 Å². The molecule has 4 rings (SSSR count). The highest BCUT2D eigenvalue weighted by atomic mass is 16.5. The van der Waals surface area contributed by atoms with Gasteiger partial charge in [-0.1, -0.05) is 34.6 Å². The Labute approximate surface area is 214 Å². The Hall–Kier alpha value is -0.650. The normalized spacial score (nSPS) is 43.8. The van der Waals surface area contributed by atoms with E-state index in [2.05, 4.69) is 45.3 Å². The number of esters is 1. The first-order valence-electron chi connectivity index (χ1n) is 14.8. The smallest absolute Gasteiger partial charge is 0.305 e. The molecule has 0 aromatic rings. The van der Waals surface area contributed by atoms with E-state index >= 15 is 0 Å². The Morgan fingerprint density at radius 1 is 0.971 bits per heavy atom. The molecule has 4 fully saturated rings. The van der Waals surface area contributed by atoms with Crippen molar-refractivity contribution < 1.29 is 14.6 Å². The fraction of sp³-hybridized carbons (Fsp3) is 0.967. The average molecular weight is 491 g/mol. The number of aliphatic hydroxyl groups is 1. The first kappa shape index (κ1) is 27.4. The summed E-state index contributed by atoms with van der Waals surface area (Å²) < 4.78 is 4.91. The van der Waals surface area contributed by atoms with Gasteiger partial charge >= 0.3 is 5.97 Å². The van der Waals surface area contributed by atoms with Gasteiger partial charge in [0, 0.05) is 31.6 Å². The highest BCUT2D eigenvalue weighted by Gasteiger charge is 2.62. The molecule has 0 radical (unpaired) electrons. The number of hydrogen-bond acceptors (Lipinski definition) is 5. The molecule has 4 unspecified atom stereocenters. The van der Waals surface area contributed by atoms with Crippen molar-refractivity contribution in [3.05, 3.63) is 0 Å². The third-order valence-corrected chi connectivity index (χ3v) is 11.6. The second-order valence-electron chi connectivity index (χ2n) is 13.6. The van der Waals surface area contributed by atoms with Crippen LogP contribution in [0.1, 0.15) is 98.8 Å². The van der Waals surface area contributed by atoms with Gasteiger partial charge in [0.25, 0.3) is 0 Å². The van der Waals surface area contributed by atoms with E-state index < -0.39 is 0 Å². The minimum atomic E-state index is -0.155. The Morgan fingerprint density at radius 3 is 2.40 bits per heavy atom. The van der Waals surface area contributed by atoms with Gasteiger partial charge < -0.3 is 20.5 Å². The zero-order valence-electron chi connectivity index (χ0n) is 23.4. The molecule has 10 atom stereocenters. The second-order valence-corrected chi connectivity index (χ2v) is 13.6. The molecule has 4 aliphatic rings. The van der Waals surface area contributed by atoms with Crippen molar-refractivity contribution in [2.45, 2.75) is 117 Å². The lowest BCUT2D eigenvalue weighted by atomic mass is 9.43. The van der Waals surface area contributed by atoms with Crippen molar-refractivity contribution in [1.29, 1.82) is 0 Å². The summed E-state index contributed by atoms with van der Waals surface area (Å²) in [6.07, 6.45) is 11.2. The summed E-state index contributed by atoms with van der Waals surface area (Å²) in [5.41, 5.74) is 0.647. The number of carbonyl (C=O) groups is 1. The molecule has 4 aliphatic carbocycles. The molecule has 0 spiro atoms. The summed E-state index contributed by atoms with van der Waals surface area (Å²) in [6, 6.07) is 1.08. The number of methoxy groups -OCH3 is 1. The minimum absolute atomic E-state index is 0.0732. The average Bonchev–Trinajstić information content (AvgIpc) is 3.18. The zero-order valence-corrected chi connectivity index (χ0v) is 23.4. The molecule has 0 aromatic carbocycles. The Balaban J connectivity index is 1.40. The maximum atomic E-state index is 11.8. The summed E-state index contributed by atoms with van der Waals surface area (Å²) in [5.74, 6) is 3.79. The molecule has 35 heavy (non-hydrogen) atoms. The number of aliphatic hydroxyl groups excluding tert-OH is 1. The molecule has 3 N–H and O–H groups in total. The van der Waals surface area contributed by atoms with Crippen molar-refractivity contribution in [3.63, 3.8) is 0 Å². The van der Waals surface area contributed by atoms with Crippen molar-refractivity contribution in [2.24, 2.45) is 46.3 Å². The van der Waals surface area contributed by atoms with E-state index in [1.165, 1.54) is 45.6 Å². The van der Waals surface area contributed by atoms with Crippen LogP contribution in [0.25, 0.3) is 0 Å². The Kier molecular flexibility index (Phi) is 8.60. The number of rotatable bonds is 9. The van der Waals surface area contributed by atoms with Crippen LogP contribution in [0, 0.1) is 46.3 Å². The van der Waals surface area contributed by atoms with Crippen LogP contribution < -0.4 is 10.6 Å². The number of hydrogen-bond donors (Lipinski definition) is 3. The molecule has 0 aromatic heterocycles. The summed E-state index contributed by atoms with van der Waals surface area (Å²) >= 11 is 0. The lowest BCUT2D eigenvalue weighted by molar-refractivity contribution is -0.162. The molecular weight excluding hydrogens is 436 g/mol. The maximum Gasteiger partial charge on any atom is 0.305 e. The maximum absolute atomic E-state index is 11.8. The second kappa shape index (κ2) is 11.0. The topological polar surface area (TPSA) is 70.6 Å². The van der Waals surface area contributed by atoms with Crippen LogP contribution >= 0.6 is 0 Å². The van der Waals surface area contributed by atoms with E-state index in [1.807, 2.05) is 0 Å². The standard InChI is InChI=1S/C30H54N2O3/c1-19(2)31-15-16-32-21-11-13-30(5)25-12-14-29(4)23(20(3)7-10-28(34)35-6)8-9-24(29)22(25)18-27(33)26(30)17-21/h19-27,31-33H,7-18H2,1-6H3/t20-,21-,22?,23-,24?,25?,26-,27?,29-,30-/m1/s1. The number of nitrogens with one attached hydrogen (secondary N) is 2. The molecule has 202 valence electrons. The van der Waals surface area contributed by atoms with Gasteiger partial charge in [0.05, 0.1) is 13.2 Å². The van der Waals surface area contributed by atoms with Gasteiger partial charge in [0.1, 0.15) is 0 Å². The number of fused-ring (bicyclic) bond motifs is 5. The van der Waals surface area contributed by atoms with Crippen LogP contribution in [-0.4, -0.2) is 49.5 Å². The Bertz CT molecular complexity index is 728. The van der Waals surface area contributed by atoms with Crippen LogP contribution in [0.2, 0.25) is 0 Å². The molecule has 0 bridgehead atoms. The van der Waals surface area contributed by atoms with E-state index in [1.54, 1.807) is 0 Å². The van der Waals surface area contributed by atoms with Crippen molar-refractivity contribution in [3.8, 4) is 0 Å². The van der Waals surface area contributed by atoms with Gasteiger partial charge in [0.15, 0.2) is 0 Å². The number of ether oxygens (including phenoxy) is 1. The largest absolute Gasteiger partial charge is 0.469 e. The summed E-state index contributed by atoms with van der Waals surface area (Å²) in [6.45, 7) is 13.9. The SMILES string of the molecule is COC(=O)CC[C@@H](C)[C@H]1CCC2C3CC(O)[C@H]4C[C@H](NCCNC(C)C)CC[C@]4(C)C3CC[C@@]21C. The first-order chi connectivity index (χ1) is 16.6. The van der Waals surface area contributed by atoms with Gasteiger partial charge in [-0.2, -0.15) is 0 Å². The molecule has 4 saturated carbocycles. The van der Waals surface area contributed by atoms with E-state index in [4.69, 9.17) is 4.74 Å². The van der Waals surface area contributed by atoms with Gasteiger partial charge in [-0.25, -0.2) is 0 Å². The van der Waals surface area contributed by atoms with Gasteiger partial charge in [-0.05, 0) is 104 Å². The summed E-state index contributed by atoms with van der Waals surface area (Å²) in [5, 5.41) is 18.8. The van der Waals surface area contributed by atoms with Gasteiger partial charge in [-0.3, -0.25) is 4.79 Å². The third-order valence-electron chi connectivity index (χ3n) is 11.6. The van der Waals surface area contributed by atoms with Gasteiger partial charge in [-0.15, -0.1) is 0 Å². The summed E-state index contributed by atoms with van der Waals surface area (Å²) in [7, 11) is 1.50. The predicted molar refractivity (Wildman–Crippen MR) is 142 cm³/mol. The van der Waals surface area contributed by atoms with Crippen molar-refractivity contribution in [2.75, 3.05) is 20.2 Å². The van der Waals surface area contributed by atoms with Crippen LogP contribution in [-0.2, 0) is 9.53 Å². The van der Waals surface area contributed by atoms with Crippen molar-refractivity contribution >= 4 is 5.97 Å². The molecule has 0 amide bonds. The quantitative estimate of drug-likeness (QED) is 0.308. The van der Waals surface area contributed by atoms with E-state index in [0.29, 0.717) is 47.6 Å².